The normalized spacial score (nSPS) is 25.6. The predicted molar refractivity (Wildman–Crippen MR) is 128 cm³/mol. The second-order valence-electron chi connectivity index (χ2n) is 8.97. The highest BCUT2D eigenvalue weighted by atomic mass is 16.6. The molecule has 2 aromatic rings. The van der Waals surface area contributed by atoms with Gasteiger partial charge in [0.25, 0.3) is 0 Å². The minimum atomic E-state index is -0.611. The maximum atomic E-state index is 12.2. The molecule has 4 N–H and O–H groups in total. The third kappa shape index (κ3) is 6.74. The number of hydrogen-bond donors (Lipinski definition) is 2. The van der Waals surface area contributed by atoms with Gasteiger partial charge >= 0.3 is 11.9 Å². The van der Waals surface area contributed by atoms with Crippen LogP contribution in [0, 0.1) is 0 Å². The summed E-state index contributed by atoms with van der Waals surface area (Å²) in [6, 6.07) is 19.6. The Kier molecular flexibility index (Phi) is 8.08. The van der Waals surface area contributed by atoms with Gasteiger partial charge < -0.3 is 20.9 Å². The maximum Gasteiger partial charge on any atom is 0.331 e. The Morgan fingerprint density at radius 2 is 1.09 bits per heavy atom. The van der Waals surface area contributed by atoms with E-state index < -0.39 is 24.1 Å². The quantitative estimate of drug-likeness (QED) is 0.441. The minimum absolute atomic E-state index is 0.278. The number of rotatable bonds is 8. The van der Waals surface area contributed by atoms with Crippen LogP contribution in [-0.4, -0.2) is 72.2 Å². The molecule has 8 nitrogen and oxygen atoms in total. The van der Waals surface area contributed by atoms with Crippen LogP contribution in [0.4, 0.5) is 0 Å². The number of esters is 2. The summed E-state index contributed by atoms with van der Waals surface area (Å²) in [7, 11) is 0. The number of nitrogens with two attached hydrogens (primary N) is 2. The molecular weight excluding hydrogens is 432 g/mol. The largest absolute Gasteiger partial charge is 0.456 e. The highest BCUT2D eigenvalue weighted by molar-refractivity contribution is 5.91. The van der Waals surface area contributed by atoms with Crippen molar-refractivity contribution in [3.8, 4) is 0 Å². The lowest BCUT2D eigenvalue weighted by Crippen LogP contribution is -2.37. The lowest BCUT2D eigenvalue weighted by molar-refractivity contribution is -0.145. The molecule has 4 rings (SSSR count). The van der Waals surface area contributed by atoms with Crippen LogP contribution in [0.3, 0.4) is 0 Å². The van der Waals surface area contributed by atoms with E-state index in [2.05, 4.69) is 34.1 Å². The summed E-state index contributed by atoms with van der Waals surface area (Å²) in [6.07, 6.45) is 1.34. The zero-order valence-electron chi connectivity index (χ0n) is 19.2. The molecule has 2 aromatic carbocycles. The molecule has 2 heterocycles. The van der Waals surface area contributed by atoms with Crippen LogP contribution in [0.25, 0.3) is 0 Å². The summed E-state index contributed by atoms with van der Waals surface area (Å²) < 4.78 is 11.0. The van der Waals surface area contributed by atoms with Crippen LogP contribution in [0.5, 0.6) is 0 Å². The van der Waals surface area contributed by atoms with Crippen molar-refractivity contribution in [3.63, 3.8) is 0 Å². The van der Waals surface area contributed by atoms with E-state index in [-0.39, 0.29) is 12.1 Å². The monoisotopic (exact) mass is 464 g/mol. The molecule has 2 aliphatic rings. The number of benzene rings is 2. The Hall–Kier alpha value is -3.04. The topological polar surface area (TPSA) is 111 Å². The van der Waals surface area contributed by atoms with Crippen molar-refractivity contribution < 1.29 is 19.1 Å². The summed E-state index contributed by atoms with van der Waals surface area (Å²) in [4.78, 5) is 28.8. The highest BCUT2D eigenvalue weighted by Gasteiger charge is 2.34. The molecule has 0 bridgehead atoms. The molecule has 4 unspecified atom stereocenters. The summed E-state index contributed by atoms with van der Waals surface area (Å²) in [5, 5.41) is 0. The van der Waals surface area contributed by atoms with Gasteiger partial charge in [0.1, 0.15) is 12.2 Å². The molecule has 34 heavy (non-hydrogen) atoms. The van der Waals surface area contributed by atoms with Crippen LogP contribution < -0.4 is 11.5 Å². The third-order valence-corrected chi connectivity index (χ3v) is 6.16. The van der Waals surface area contributed by atoms with Gasteiger partial charge in [0.05, 0.1) is 12.1 Å². The van der Waals surface area contributed by atoms with E-state index in [1.807, 2.05) is 36.4 Å². The number of ether oxygens (including phenoxy) is 2. The van der Waals surface area contributed by atoms with Crippen LogP contribution in [0.1, 0.15) is 11.1 Å². The Balaban J connectivity index is 1.20. The van der Waals surface area contributed by atoms with Gasteiger partial charge in [0.2, 0.25) is 0 Å². The second-order valence-corrected chi connectivity index (χ2v) is 8.97. The average molecular weight is 465 g/mol. The molecule has 8 heteroatoms. The average Bonchev–Trinajstić information content (AvgIpc) is 3.34. The first-order valence-corrected chi connectivity index (χ1v) is 11.6. The highest BCUT2D eigenvalue weighted by Crippen LogP contribution is 2.17. The van der Waals surface area contributed by atoms with Crippen molar-refractivity contribution in [1.29, 1.82) is 0 Å². The number of hydrogen-bond acceptors (Lipinski definition) is 8. The van der Waals surface area contributed by atoms with E-state index in [4.69, 9.17) is 20.9 Å². The molecule has 2 fully saturated rings. The zero-order valence-corrected chi connectivity index (χ0v) is 19.2. The van der Waals surface area contributed by atoms with Crippen LogP contribution >= 0.6 is 0 Å². The number of carbonyl (C=O) groups is 2. The van der Waals surface area contributed by atoms with Gasteiger partial charge in [-0.15, -0.1) is 0 Å². The van der Waals surface area contributed by atoms with Crippen molar-refractivity contribution in [2.75, 3.05) is 26.2 Å². The van der Waals surface area contributed by atoms with Crippen molar-refractivity contribution in [3.05, 3.63) is 83.9 Å². The first-order valence-electron chi connectivity index (χ1n) is 11.6. The summed E-state index contributed by atoms with van der Waals surface area (Å²) in [5.41, 5.74) is 14.7. The fourth-order valence-corrected chi connectivity index (χ4v) is 4.46. The van der Waals surface area contributed by atoms with Gasteiger partial charge in [-0.05, 0) is 11.1 Å². The van der Waals surface area contributed by atoms with Gasteiger partial charge in [-0.1, -0.05) is 60.7 Å². The summed E-state index contributed by atoms with van der Waals surface area (Å²) >= 11 is 0. The molecule has 180 valence electrons. The predicted octanol–water partition coefficient (Wildman–Crippen LogP) is 1.05. The van der Waals surface area contributed by atoms with E-state index in [0.29, 0.717) is 26.2 Å². The smallest absolute Gasteiger partial charge is 0.331 e. The molecule has 2 saturated heterocycles. The van der Waals surface area contributed by atoms with Gasteiger partial charge in [-0.25, -0.2) is 9.59 Å². The van der Waals surface area contributed by atoms with E-state index in [9.17, 15) is 9.59 Å². The number of likely N-dealkylation sites (tertiary alicyclic amines) is 2. The van der Waals surface area contributed by atoms with Crippen LogP contribution in [-0.2, 0) is 32.2 Å². The Labute approximate surface area is 200 Å². The Morgan fingerprint density at radius 1 is 0.706 bits per heavy atom. The maximum absolute atomic E-state index is 12.2. The number of nitrogens with zero attached hydrogens (tertiary/aromatic N) is 2. The van der Waals surface area contributed by atoms with Crippen molar-refractivity contribution in [2.45, 2.75) is 37.4 Å². The first kappa shape index (κ1) is 24.1. The second kappa shape index (κ2) is 11.4. The van der Waals surface area contributed by atoms with Gasteiger partial charge in [-0.3, -0.25) is 9.80 Å². The molecule has 0 aliphatic carbocycles. The summed E-state index contributed by atoms with van der Waals surface area (Å²) in [6.45, 7) is 3.86. The lowest BCUT2D eigenvalue weighted by Gasteiger charge is -2.16. The fourth-order valence-electron chi connectivity index (χ4n) is 4.46. The molecule has 2 aliphatic heterocycles. The van der Waals surface area contributed by atoms with E-state index >= 15 is 0 Å². The van der Waals surface area contributed by atoms with E-state index in [0.717, 1.165) is 25.2 Å². The Morgan fingerprint density at radius 3 is 1.47 bits per heavy atom. The standard InChI is InChI=1S/C26H32N4O4/c27-21-15-29(13-19-7-3-1-4-8-19)17-23(21)33-25(31)11-12-26(32)34-24-18-30(16-22(24)28)14-20-9-5-2-6-10-20/h1-12,21-24H,13-18,27-28H2/b12-11-. The van der Waals surface area contributed by atoms with Crippen molar-refractivity contribution in [2.24, 2.45) is 11.5 Å². The zero-order chi connectivity index (χ0) is 23.9. The third-order valence-electron chi connectivity index (χ3n) is 6.16. The van der Waals surface area contributed by atoms with Gasteiger partial charge in [-0.2, -0.15) is 0 Å². The molecular formula is C26H32N4O4. The van der Waals surface area contributed by atoms with Crippen molar-refractivity contribution >= 4 is 11.9 Å². The number of carbonyl (C=O) groups excluding carboxylic acids is 2. The Bertz CT molecular complexity index is 905. The van der Waals surface area contributed by atoms with Crippen molar-refractivity contribution in [1.82, 2.24) is 9.80 Å². The molecule has 0 saturated carbocycles. The lowest BCUT2D eigenvalue weighted by atomic mass is 10.2. The van der Waals surface area contributed by atoms with Crippen LogP contribution in [0.15, 0.2) is 72.8 Å². The van der Waals surface area contributed by atoms with E-state index in [1.165, 1.54) is 11.1 Å². The van der Waals surface area contributed by atoms with Gasteiger partial charge in [0.15, 0.2) is 0 Å². The van der Waals surface area contributed by atoms with E-state index in [1.54, 1.807) is 0 Å². The van der Waals surface area contributed by atoms with Gasteiger partial charge in [0, 0.05) is 51.4 Å². The molecule has 0 amide bonds. The molecule has 0 radical (unpaired) electrons. The molecule has 0 aromatic heterocycles. The summed E-state index contributed by atoms with van der Waals surface area (Å²) in [5.74, 6) is -1.22. The first-order chi connectivity index (χ1) is 16.5. The molecule has 0 spiro atoms. The SMILES string of the molecule is NC1CN(Cc2ccccc2)CC1OC(=O)/C=C\C(=O)OC1CN(Cc2ccccc2)CC1N. The molecule has 4 atom stereocenters. The van der Waals surface area contributed by atoms with Crippen LogP contribution in [0.2, 0.25) is 0 Å². The minimum Gasteiger partial charge on any atom is -0.456 e. The fraction of sp³-hybridized carbons (Fsp3) is 0.385.